The minimum Gasteiger partial charge on any atom is -0.491 e. The number of nitrogens with two attached hydrogens (primary N) is 1. The maximum absolute atomic E-state index is 7.50. The molecule has 5 heteroatoms. The van der Waals surface area contributed by atoms with Gasteiger partial charge in [-0.15, -0.1) is 0 Å². The second-order valence-electron chi connectivity index (χ2n) is 4.90. The maximum atomic E-state index is 7.50. The van der Waals surface area contributed by atoms with Gasteiger partial charge in [0.1, 0.15) is 11.6 Å². The molecule has 0 bridgehead atoms. The summed E-state index contributed by atoms with van der Waals surface area (Å²) in [6, 6.07) is 13.5. The van der Waals surface area contributed by atoms with Crippen molar-refractivity contribution in [3.05, 3.63) is 53.1 Å². The van der Waals surface area contributed by atoms with Crippen LogP contribution in [0.1, 0.15) is 12.0 Å². The number of nitrogens with one attached hydrogen (secondary N) is 1. The summed E-state index contributed by atoms with van der Waals surface area (Å²) in [5.41, 5.74) is 8.07. The first-order valence-electron chi connectivity index (χ1n) is 6.80. The molecule has 108 valence electrons. The van der Waals surface area contributed by atoms with Crippen LogP contribution in [0.2, 0.25) is 5.02 Å². The molecule has 21 heavy (non-hydrogen) atoms. The molecule has 2 aromatic carbocycles. The number of nitrogen functional groups attached to an aromatic ring is 1. The summed E-state index contributed by atoms with van der Waals surface area (Å²) in [5.74, 6) is 0.855. The maximum Gasteiger partial charge on any atom is 0.142 e. The fourth-order valence-corrected chi connectivity index (χ4v) is 2.76. The Bertz CT molecular complexity index is 687. The lowest BCUT2D eigenvalue weighted by Crippen LogP contribution is -2.18. The third-order valence-electron chi connectivity index (χ3n) is 3.49. The van der Waals surface area contributed by atoms with Crippen molar-refractivity contribution >= 4 is 28.8 Å². The van der Waals surface area contributed by atoms with E-state index in [4.69, 9.17) is 27.5 Å². The van der Waals surface area contributed by atoms with Crippen LogP contribution < -0.4 is 15.4 Å². The molecule has 0 unspecified atom stereocenters. The molecule has 0 fully saturated rings. The molecule has 3 rings (SSSR count). The molecule has 1 heterocycles. The molecule has 0 saturated heterocycles. The van der Waals surface area contributed by atoms with Crippen LogP contribution in [-0.4, -0.2) is 19.0 Å². The summed E-state index contributed by atoms with van der Waals surface area (Å²) >= 11 is 6.23. The van der Waals surface area contributed by atoms with Gasteiger partial charge in [0.15, 0.2) is 0 Å². The van der Waals surface area contributed by atoms with E-state index in [0.29, 0.717) is 17.2 Å². The molecular weight excluding hydrogens is 286 g/mol. The summed E-state index contributed by atoms with van der Waals surface area (Å²) in [7, 11) is 0. The van der Waals surface area contributed by atoms with Crippen LogP contribution in [0.15, 0.2) is 42.5 Å². The molecule has 0 atom stereocenters. The van der Waals surface area contributed by atoms with E-state index in [1.807, 2.05) is 36.4 Å². The van der Waals surface area contributed by atoms with E-state index in [2.05, 4.69) is 4.90 Å². The number of benzene rings is 2. The minimum absolute atomic E-state index is 0.0221. The number of para-hydroxylation sites is 2. The van der Waals surface area contributed by atoms with Crippen LogP contribution in [0.3, 0.4) is 0 Å². The predicted molar refractivity (Wildman–Crippen MR) is 86.0 cm³/mol. The van der Waals surface area contributed by atoms with Crippen LogP contribution >= 0.6 is 11.6 Å². The molecule has 0 saturated carbocycles. The smallest absolute Gasteiger partial charge is 0.142 e. The number of hydrogen-bond acceptors (Lipinski definition) is 3. The monoisotopic (exact) mass is 301 g/mol. The van der Waals surface area contributed by atoms with Gasteiger partial charge in [-0.3, -0.25) is 5.41 Å². The highest BCUT2D eigenvalue weighted by molar-refractivity contribution is 6.34. The first-order chi connectivity index (χ1) is 10.2. The van der Waals surface area contributed by atoms with Gasteiger partial charge in [-0.05, 0) is 36.8 Å². The summed E-state index contributed by atoms with van der Waals surface area (Å²) in [4.78, 5) is 2.18. The Labute approximate surface area is 128 Å². The van der Waals surface area contributed by atoms with Gasteiger partial charge in [0.05, 0.1) is 17.3 Å². The first-order valence-corrected chi connectivity index (χ1v) is 7.18. The highest BCUT2D eigenvalue weighted by Crippen LogP contribution is 2.37. The van der Waals surface area contributed by atoms with Gasteiger partial charge < -0.3 is 15.4 Å². The molecule has 0 radical (unpaired) electrons. The molecule has 1 aliphatic rings. The topological polar surface area (TPSA) is 62.3 Å². The number of anilines is 2. The number of fused-ring (bicyclic) bond motifs is 1. The van der Waals surface area contributed by atoms with E-state index in [9.17, 15) is 0 Å². The van der Waals surface area contributed by atoms with Gasteiger partial charge in [-0.1, -0.05) is 23.7 Å². The number of rotatable bonds is 2. The van der Waals surface area contributed by atoms with Crippen LogP contribution in [0.25, 0.3) is 0 Å². The SMILES string of the molecule is N=C(N)c1ccc(N2CCCOc3ccccc32)cc1Cl. The second kappa shape index (κ2) is 5.66. The summed E-state index contributed by atoms with van der Waals surface area (Å²) < 4.78 is 5.76. The van der Waals surface area contributed by atoms with Crippen LogP contribution in [0.4, 0.5) is 11.4 Å². The Morgan fingerprint density at radius 3 is 2.81 bits per heavy atom. The number of ether oxygens (including phenoxy) is 1. The highest BCUT2D eigenvalue weighted by atomic mass is 35.5. The fraction of sp³-hybridized carbons (Fsp3) is 0.188. The van der Waals surface area contributed by atoms with Crippen molar-refractivity contribution in [2.45, 2.75) is 6.42 Å². The number of halogens is 1. The van der Waals surface area contributed by atoms with Gasteiger partial charge in [-0.2, -0.15) is 0 Å². The zero-order chi connectivity index (χ0) is 14.8. The standard InChI is InChI=1S/C16H16ClN3O/c17-13-10-11(6-7-12(13)16(18)19)20-8-3-9-21-15-5-2-1-4-14(15)20/h1-2,4-7,10H,3,8-9H2,(H3,18,19). The largest absolute Gasteiger partial charge is 0.491 e. The number of amidine groups is 1. The van der Waals surface area contributed by atoms with Crippen LogP contribution in [0.5, 0.6) is 5.75 Å². The lowest BCUT2D eigenvalue weighted by Gasteiger charge is -2.24. The van der Waals surface area contributed by atoms with Crippen molar-refractivity contribution in [3.8, 4) is 5.75 Å². The van der Waals surface area contributed by atoms with Crippen molar-refractivity contribution < 1.29 is 4.74 Å². The van der Waals surface area contributed by atoms with Crippen molar-refractivity contribution in [1.29, 1.82) is 5.41 Å². The summed E-state index contributed by atoms with van der Waals surface area (Å²) in [6.07, 6.45) is 0.931. The Balaban J connectivity index is 2.04. The van der Waals surface area contributed by atoms with E-state index in [0.717, 1.165) is 30.1 Å². The van der Waals surface area contributed by atoms with Crippen LogP contribution in [-0.2, 0) is 0 Å². The van der Waals surface area contributed by atoms with E-state index in [1.165, 1.54) is 0 Å². The summed E-state index contributed by atoms with van der Waals surface area (Å²) in [6.45, 7) is 1.56. The van der Waals surface area contributed by atoms with Gasteiger partial charge >= 0.3 is 0 Å². The molecule has 0 aromatic heterocycles. The third kappa shape index (κ3) is 2.67. The Hall–Kier alpha value is -2.20. The molecule has 0 aliphatic carbocycles. The molecule has 0 spiro atoms. The zero-order valence-electron chi connectivity index (χ0n) is 11.5. The van der Waals surface area contributed by atoms with Gasteiger partial charge in [0.25, 0.3) is 0 Å². The predicted octanol–water partition coefficient (Wildman–Crippen LogP) is 3.54. The first kappa shape index (κ1) is 13.8. The van der Waals surface area contributed by atoms with Gasteiger partial charge in [-0.25, -0.2) is 0 Å². The highest BCUT2D eigenvalue weighted by Gasteiger charge is 2.18. The molecule has 3 N–H and O–H groups in total. The lowest BCUT2D eigenvalue weighted by molar-refractivity contribution is 0.322. The number of nitrogens with zero attached hydrogens (tertiary/aromatic N) is 1. The fourth-order valence-electron chi connectivity index (χ4n) is 2.49. The molecule has 4 nitrogen and oxygen atoms in total. The van der Waals surface area contributed by atoms with Crippen LogP contribution in [0, 0.1) is 5.41 Å². The molecule has 2 aromatic rings. The van der Waals surface area contributed by atoms with Gasteiger partial charge in [0.2, 0.25) is 0 Å². The van der Waals surface area contributed by atoms with Crippen molar-refractivity contribution in [2.75, 3.05) is 18.1 Å². The summed E-state index contributed by atoms with van der Waals surface area (Å²) in [5, 5.41) is 7.99. The average molecular weight is 302 g/mol. The Morgan fingerprint density at radius 1 is 1.24 bits per heavy atom. The normalized spacial score (nSPS) is 14.0. The van der Waals surface area contributed by atoms with E-state index < -0.39 is 0 Å². The van der Waals surface area contributed by atoms with Gasteiger partial charge in [0, 0.05) is 17.8 Å². The van der Waals surface area contributed by atoms with Crippen molar-refractivity contribution in [3.63, 3.8) is 0 Å². The molecule has 0 amide bonds. The van der Waals surface area contributed by atoms with Crippen molar-refractivity contribution in [1.82, 2.24) is 0 Å². The quantitative estimate of drug-likeness (QED) is 0.659. The zero-order valence-corrected chi connectivity index (χ0v) is 12.2. The molecule has 1 aliphatic heterocycles. The lowest BCUT2D eigenvalue weighted by atomic mass is 10.1. The second-order valence-corrected chi connectivity index (χ2v) is 5.31. The Kier molecular flexibility index (Phi) is 3.71. The average Bonchev–Trinajstić information content (AvgIpc) is 2.69. The van der Waals surface area contributed by atoms with Crippen molar-refractivity contribution in [2.24, 2.45) is 5.73 Å². The van der Waals surface area contributed by atoms with E-state index in [1.54, 1.807) is 6.07 Å². The van der Waals surface area contributed by atoms with E-state index in [-0.39, 0.29) is 5.84 Å². The Morgan fingerprint density at radius 2 is 2.05 bits per heavy atom. The minimum atomic E-state index is -0.0221. The molecular formula is C16H16ClN3O. The number of hydrogen-bond donors (Lipinski definition) is 2. The third-order valence-corrected chi connectivity index (χ3v) is 3.81. The van der Waals surface area contributed by atoms with E-state index >= 15 is 0 Å².